The molecule has 0 aliphatic carbocycles. The molecular formula is C16H22N2S. The van der Waals surface area contributed by atoms with Gasteiger partial charge in [-0.05, 0) is 44.5 Å². The molecule has 19 heavy (non-hydrogen) atoms. The molecule has 2 rings (SSSR count). The highest BCUT2D eigenvalue weighted by Gasteiger charge is 2.21. The maximum Gasteiger partial charge on any atom is 0.0675 e. The Labute approximate surface area is 119 Å². The second-order valence-electron chi connectivity index (χ2n) is 4.74. The van der Waals surface area contributed by atoms with Crippen LogP contribution in [0, 0.1) is 13.8 Å². The first kappa shape index (κ1) is 14.1. The number of thiophene rings is 1. The number of nitrogens with zero attached hydrogens (tertiary/aromatic N) is 1. The van der Waals surface area contributed by atoms with Crippen molar-refractivity contribution in [3.05, 3.63) is 51.7 Å². The van der Waals surface area contributed by atoms with Crippen LogP contribution in [-0.4, -0.2) is 13.1 Å². The first-order valence-electron chi connectivity index (χ1n) is 6.76. The van der Waals surface area contributed by atoms with Crippen LogP contribution < -0.4 is 10.6 Å². The summed E-state index contributed by atoms with van der Waals surface area (Å²) in [6.07, 6.45) is 0. The lowest BCUT2D eigenvalue weighted by Gasteiger charge is -2.32. The molecule has 0 amide bonds. The van der Waals surface area contributed by atoms with E-state index in [1.165, 1.54) is 21.0 Å². The topological polar surface area (TPSA) is 29.3 Å². The summed E-state index contributed by atoms with van der Waals surface area (Å²) in [5.41, 5.74) is 8.67. The molecule has 3 heteroatoms. The molecule has 0 saturated heterocycles. The lowest BCUT2D eigenvalue weighted by atomic mass is 10.0. The fourth-order valence-electron chi connectivity index (χ4n) is 2.61. The zero-order valence-electron chi connectivity index (χ0n) is 11.9. The van der Waals surface area contributed by atoms with Gasteiger partial charge < -0.3 is 10.6 Å². The molecule has 0 fully saturated rings. The Morgan fingerprint density at radius 1 is 1.21 bits per heavy atom. The number of nitrogens with two attached hydrogens (primary N) is 1. The van der Waals surface area contributed by atoms with E-state index in [1.807, 2.05) is 11.3 Å². The average molecular weight is 274 g/mol. The van der Waals surface area contributed by atoms with Crippen LogP contribution in [0.2, 0.25) is 0 Å². The first-order chi connectivity index (χ1) is 9.17. The molecule has 0 aliphatic heterocycles. The van der Waals surface area contributed by atoms with E-state index in [0.29, 0.717) is 6.54 Å². The lowest BCUT2D eigenvalue weighted by Crippen LogP contribution is -2.33. The zero-order chi connectivity index (χ0) is 13.8. The van der Waals surface area contributed by atoms with Crippen molar-refractivity contribution in [2.75, 3.05) is 18.0 Å². The third-order valence-electron chi connectivity index (χ3n) is 3.47. The van der Waals surface area contributed by atoms with E-state index in [0.717, 1.165) is 6.54 Å². The Bertz CT molecular complexity index is 519. The van der Waals surface area contributed by atoms with Crippen molar-refractivity contribution >= 4 is 17.0 Å². The number of likely N-dealkylation sites (N-methyl/N-ethyl adjacent to an activating group) is 1. The summed E-state index contributed by atoms with van der Waals surface area (Å²) in [6, 6.07) is 13.1. The van der Waals surface area contributed by atoms with Crippen LogP contribution >= 0.6 is 11.3 Å². The van der Waals surface area contributed by atoms with Gasteiger partial charge in [-0.25, -0.2) is 0 Å². The Hall–Kier alpha value is -1.32. The number of hydrogen-bond donors (Lipinski definition) is 1. The summed E-state index contributed by atoms with van der Waals surface area (Å²) < 4.78 is 0. The third kappa shape index (κ3) is 2.99. The molecule has 1 aromatic heterocycles. The van der Waals surface area contributed by atoms with E-state index in [-0.39, 0.29) is 6.04 Å². The number of anilines is 1. The molecule has 2 aromatic rings. The standard InChI is InChI=1S/C16H22N2S/c1-4-18(14-8-6-5-7-9-14)16(11-17)15-10-12(2)19-13(15)3/h5-10,16H,4,11,17H2,1-3H3. The third-order valence-corrected chi connectivity index (χ3v) is 4.45. The van der Waals surface area contributed by atoms with Crippen molar-refractivity contribution in [3.8, 4) is 0 Å². The van der Waals surface area contributed by atoms with Gasteiger partial charge in [-0.15, -0.1) is 11.3 Å². The minimum absolute atomic E-state index is 0.261. The van der Waals surface area contributed by atoms with E-state index < -0.39 is 0 Å². The molecule has 2 nitrogen and oxygen atoms in total. The van der Waals surface area contributed by atoms with E-state index in [4.69, 9.17) is 5.73 Å². The molecule has 102 valence electrons. The van der Waals surface area contributed by atoms with E-state index in [1.54, 1.807) is 0 Å². The van der Waals surface area contributed by atoms with E-state index in [9.17, 15) is 0 Å². The smallest absolute Gasteiger partial charge is 0.0675 e. The van der Waals surface area contributed by atoms with Crippen molar-refractivity contribution in [1.29, 1.82) is 0 Å². The summed E-state index contributed by atoms with van der Waals surface area (Å²) >= 11 is 1.85. The molecule has 2 N–H and O–H groups in total. The zero-order valence-corrected chi connectivity index (χ0v) is 12.7. The maximum atomic E-state index is 6.06. The first-order valence-corrected chi connectivity index (χ1v) is 7.57. The molecule has 0 saturated carbocycles. The van der Waals surface area contributed by atoms with Crippen LogP contribution in [0.4, 0.5) is 5.69 Å². The van der Waals surface area contributed by atoms with Gasteiger partial charge in [0, 0.05) is 28.5 Å². The molecule has 0 spiro atoms. The molecule has 1 atom stereocenters. The Morgan fingerprint density at radius 3 is 2.37 bits per heavy atom. The van der Waals surface area contributed by atoms with Gasteiger partial charge in [-0.2, -0.15) is 0 Å². The fraction of sp³-hybridized carbons (Fsp3) is 0.375. The van der Waals surface area contributed by atoms with Gasteiger partial charge in [0.2, 0.25) is 0 Å². The van der Waals surface area contributed by atoms with E-state index in [2.05, 4.69) is 62.1 Å². The number of para-hydroxylation sites is 1. The highest BCUT2D eigenvalue weighted by molar-refractivity contribution is 7.12. The molecule has 0 bridgehead atoms. The quantitative estimate of drug-likeness (QED) is 0.896. The maximum absolute atomic E-state index is 6.06. The van der Waals surface area contributed by atoms with Gasteiger partial charge in [0.05, 0.1) is 6.04 Å². The number of rotatable bonds is 5. The number of benzene rings is 1. The summed E-state index contributed by atoms with van der Waals surface area (Å²) in [7, 11) is 0. The largest absolute Gasteiger partial charge is 0.363 e. The van der Waals surface area contributed by atoms with Crippen LogP contribution in [0.15, 0.2) is 36.4 Å². The van der Waals surface area contributed by atoms with Gasteiger partial charge in [-0.1, -0.05) is 18.2 Å². The number of aryl methyl sites for hydroxylation is 2. The normalized spacial score (nSPS) is 12.4. The summed E-state index contributed by atoms with van der Waals surface area (Å²) in [4.78, 5) is 5.12. The summed E-state index contributed by atoms with van der Waals surface area (Å²) in [5.74, 6) is 0. The van der Waals surface area contributed by atoms with Gasteiger partial charge in [-0.3, -0.25) is 0 Å². The van der Waals surface area contributed by atoms with Gasteiger partial charge >= 0.3 is 0 Å². The van der Waals surface area contributed by atoms with Crippen LogP contribution in [-0.2, 0) is 0 Å². The minimum Gasteiger partial charge on any atom is -0.363 e. The van der Waals surface area contributed by atoms with Crippen LogP contribution in [0.3, 0.4) is 0 Å². The van der Waals surface area contributed by atoms with Crippen LogP contribution in [0.5, 0.6) is 0 Å². The second kappa shape index (κ2) is 6.22. The number of hydrogen-bond acceptors (Lipinski definition) is 3. The molecule has 0 aliphatic rings. The highest BCUT2D eigenvalue weighted by Crippen LogP contribution is 2.32. The Kier molecular flexibility index (Phi) is 4.61. The van der Waals surface area contributed by atoms with Crippen molar-refractivity contribution < 1.29 is 0 Å². The van der Waals surface area contributed by atoms with Gasteiger partial charge in [0.1, 0.15) is 0 Å². The molecular weight excluding hydrogens is 252 g/mol. The molecule has 1 heterocycles. The second-order valence-corrected chi connectivity index (χ2v) is 6.20. The van der Waals surface area contributed by atoms with E-state index >= 15 is 0 Å². The molecule has 0 radical (unpaired) electrons. The predicted octanol–water partition coefficient (Wildman–Crippen LogP) is 3.89. The van der Waals surface area contributed by atoms with Crippen LogP contribution in [0.1, 0.15) is 28.3 Å². The average Bonchev–Trinajstić information content (AvgIpc) is 2.75. The summed E-state index contributed by atoms with van der Waals surface area (Å²) in [6.45, 7) is 8.13. The van der Waals surface area contributed by atoms with Crippen LogP contribution in [0.25, 0.3) is 0 Å². The van der Waals surface area contributed by atoms with Crippen molar-refractivity contribution in [2.24, 2.45) is 5.73 Å². The highest BCUT2D eigenvalue weighted by atomic mass is 32.1. The Balaban J connectivity index is 2.37. The van der Waals surface area contributed by atoms with Crippen molar-refractivity contribution in [1.82, 2.24) is 0 Å². The lowest BCUT2D eigenvalue weighted by molar-refractivity contribution is 0.642. The van der Waals surface area contributed by atoms with Gasteiger partial charge in [0.15, 0.2) is 0 Å². The molecule has 1 aromatic carbocycles. The monoisotopic (exact) mass is 274 g/mol. The van der Waals surface area contributed by atoms with Crippen molar-refractivity contribution in [2.45, 2.75) is 26.8 Å². The van der Waals surface area contributed by atoms with Gasteiger partial charge in [0.25, 0.3) is 0 Å². The molecule has 1 unspecified atom stereocenters. The predicted molar refractivity (Wildman–Crippen MR) is 85.1 cm³/mol. The van der Waals surface area contributed by atoms with Crippen molar-refractivity contribution in [3.63, 3.8) is 0 Å². The Morgan fingerprint density at radius 2 is 1.89 bits per heavy atom. The SMILES string of the molecule is CCN(c1ccccc1)C(CN)c1cc(C)sc1C. The minimum atomic E-state index is 0.261. The fourth-order valence-corrected chi connectivity index (χ4v) is 3.59. The summed E-state index contributed by atoms with van der Waals surface area (Å²) in [5, 5.41) is 0.